The van der Waals surface area contributed by atoms with Gasteiger partial charge in [-0.15, -0.1) is 0 Å². The van der Waals surface area contributed by atoms with Gasteiger partial charge in [0.05, 0.1) is 18.1 Å². The number of rotatable bonds is 7. The number of carbonyl (C=O) groups is 2. The number of amides is 1. The molecule has 0 bridgehead atoms. The number of carbonyl (C=O) groups excluding carboxylic acids is 2. The molecule has 0 radical (unpaired) electrons. The normalized spacial score (nSPS) is 31.4. The summed E-state index contributed by atoms with van der Waals surface area (Å²) in [7, 11) is 0. The highest BCUT2D eigenvalue weighted by Gasteiger charge is 2.29. The van der Waals surface area contributed by atoms with Gasteiger partial charge in [-0.05, 0) is 89.5 Å². The molecule has 1 aliphatic heterocycles. The molecule has 7 atom stereocenters. The molecule has 0 fully saturated rings. The van der Waals surface area contributed by atoms with Gasteiger partial charge in [0.15, 0.2) is 0 Å². The highest BCUT2D eigenvalue weighted by Crippen LogP contribution is 2.24. The fraction of sp³-hybridized carbons (Fsp3) is 0.742. The number of hydrogen-bond donors (Lipinski definition) is 3. The average Bonchev–Trinajstić information content (AvgIpc) is 2.84. The van der Waals surface area contributed by atoms with Crippen LogP contribution >= 0.6 is 0 Å². The first-order chi connectivity index (χ1) is 18.0. The van der Waals surface area contributed by atoms with Crippen LogP contribution in [0.15, 0.2) is 36.0 Å². The van der Waals surface area contributed by atoms with Crippen molar-refractivity contribution in [2.75, 3.05) is 0 Å². The Balaban J connectivity index is 3.02. The number of primary amides is 1. The van der Waals surface area contributed by atoms with Crippen molar-refractivity contribution in [1.29, 1.82) is 0 Å². The first-order valence-corrected chi connectivity index (χ1v) is 14.6. The van der Waals surface area contributed by atoms with Gasteiger partial charge in [-0.2, -0.15) is 0 Å². The fourth-order valence-corrected chi connectivity index (χ4v) is 4.75. The van der Waals surface area contributed by atoms with Gasteiger partial charge in [-0.1, -0.05) is 63.5 Å². The molecule has 7 nitrogen and oxygen atoms in total. The molecule has 0 aromatic heterocycles. The zero-order chi connectivity index (χ0) is 28.5. The van der Waals surface area contributed by atoms with Gasteiger partial charge in [0, 0.05) is 0 Å². The van der Waals surface area contributed by atoms with E-state index >= 15 is 0 Å². The van der Waals surface area contributed by atoms with E-state index < -0.39 is 36.3 Å². The molecule has 38 heavy (non-hydrogen) atoms. The van der Waals surface area contributed by atoms with E-state index in [-0.39, 0.29) is 17.9 Å². The molecule has 218 valence electrons. The highest BCUT2D eigenvalue weighted by molar-refractivity contribution is 5.73. The van der Waals surface area contributed by atoms with Gasteiger partial charge in [0.2, 0.25) is 0 Å². The second kappa shape index (κ2) is 19.0. The Morgan fingerprint density at radius 1 is 1.08 bits per heavy atom. The molecule has 7 unspecified atom stereocenters. The van der Waals surface area contributed by atoms with Crippen molar-refractivity contribution in [2.24, 2.45) is 23.5 Å². The monoisotopic (exact) mass is 535 g/mol. The summed E-state index contributed by atoms with van der Waals surface area (Å²) < 4.78 is 11.1. The van der Waals surface area contributed by atoms with E-state index in [2.05, 4.69) is 32.1 Å². The van der Waals surface area contributed by atoms with E-state index in [1.165, 1.54) is 19.3 Å². The predicted octanol–water partition coefficient (Wildman–Crippen LogP) is 6.38. The Hall–Kier alpha value is -2.12. The summed E-state index contributed by atoms with van der Waals surface area (Å²) in [6.07, 6.45) is 15.4. The zero-order valence-corrected chi connectivity index (χ0v) is 24.3. The van der Waals surface area contributed by atoms with Crippen LogP contribution in [0.2, 0.25) is 0 Å². The maximum atomic E-state index is 13.0. The Labute approximate surface area is 230 Å². The summed E-state index contributed by atoms with van der Waals surface area (Å²) in [5.41, 5.74) is 6.28. The molecule has 0 spiro atoms. The molecule has 1 heterocycles. The Kier molecular flexibility index (Phi) is 17.0. The summed E-state index contributed by atoms with van der Waals surface area (Å²) in [5.74, 6) is -0.770. The summed E-state index contributed by atoms with van der Waals surface area (Å²) in [4.78, 5) is 24.4. The van der Waals surface area contributed by atoms with Gasteiger partial charge < -0.3 is 25.4 Å². The zero-order valence-electron chi connectivity index (χ0n) is 24.3. The van der Waals surface area contributed by atoms with Crippen LogP contribution in [0.1, 0.15) is 105 Å². The average molecular weight is 536 g/mol. The summed E-state index contributed by atoms with van der Waals surface area (Å²) in [5, 5.41) is 21.4. The third-order valence-corrected chi connectivity index (χ3v) is 7.27. The number of hydrogen-bond acceptors (Lipinski definition) is 6. The second-order valence-electron chi connectivity index (χ2n) is 11.2. The number of nitrogens with two attached hydrogens (primary N) is 1. The molecule has 4 N–H and O–H groups in total. The number of cyclic esters (lactones) is 1. The molecule has 0 saturated heterocycles. The molecule has 1 rings (SSSR count). The number of unbranched alkanes of at least 4 members (excludes halogenated alkanes) is 3. The lowest BCUT2D eigenvalue weighted by Gasteiger charge is -2.26. The maximum absolute atomic E-state index is 13.0. The van der Waals surface area contributed by atoms with E-state index in [0.717, 1.165) is 18.4 Å². The second-order valence-corrected chi connectivity index (χ2v) is 11.2. The number of aliphatic hydroxyl groups is 2. The molecular weight excluding hydrogens is 482 g/mol. The molecule has 0 aromatic rings. The van der Waals surface area contributed by atoms with Crippen molar-refractivity contribution in [3.63, 3.8) is 0 Å². The van der Waals surface area contributed by atoms with Crippen molar-refractivity contribution >= 4 is 12.1 Å². The van der Waals surface area contributed by atoms with Crippen LogP contribution in [-0.4, -0.2) is 46.7 Å². The van der Waals surface area contributed by atoms with Crippen molar-refractivity contribution in [1.82, 2.24) is 0 Å². The van der Waals surface area contributed by atoms with E-state index in [1.54, 1.807) is 6.92 Å². The fourth-order valence-electron chi connectivity index (χ4n) is 4.75. The molecule has 0 aromatic carbocycles. The van der Waals surface area contributed by atoms with Crippen molar-refractivity contribution in [3.05, 3.63) is 36.0 Å². The maximum Gasteiger partial charge on any atom is 0.404 e. The quantitative estimate of drug-likeness (QED) is 0.151. The van der Waals surface area contributed by atoms with Crippen molar-refractivity contribution in [3.8, 4) is 0 Å². The highest BCUT2D eigenvalue weighted by atomic mass is 16.6. The largest absolute Gasteiger partial charge is 0.458 e. The molecule has 0 saturated carbocycles. The third-order valence-electron chi connectivity index (χ3n) is 7.27. The molecule has 0 aliphatic carbocycles. The minimum Gasteiger partial charge on any atom is -0.458 e. The Bertz CT molecular complexity index is 776. The van der Waals surface area contributed by atoms with E-state index in [1.807, 2.05) is 26.0 Å². The van der Waals surface area contributed by atoms with Crippen LogP contribution < -0.4 is 5.73 Å². The first kappa shape index (κ1) is 33.9. The Morgan fingerprint density at radius 3 is 2.50 bits per heavy atom. The number of allylic oxidation sites excluding steroid dienone is 5. The summed E-state index contributed by atoms with van der Waals surface area (Å²) >= 11 is 0. The lowest BCUT2D eigenvalue weighted by Crippen LogP contribution is -2.34. The number of aliphatic hydroxyl groups excluding tert-OH is 2. The third kappa shape index (κ3) is 14.7. The lowest BCUT2D eigenvalue weighted by atomic mass is 9.90. The minimum atomic E-state index is -0.907. The Morgan fingerprint density at radius 2 is 1.82 bits per heavy atom. The molecule has 1 aliphatic rings. The molecular formula is C31H53NO6. The minimum absolute atomic E-state index is 0.0426. The number of esters is 1. The standard InChI is InChI=1S/C31H53NO6/c1-6-7-8-9-11-14-22(2)19-26-20-23(3)15-12-10-13-16-27(33)29(38-31(32)36)18-17-24(4)21-28(34)25(5)30(35)37-26/h10-12,14,19,23-29,33-34H,6-9,13,15-18,20-21H2,1-5H3,(H2,32,36). The van der Waals surface area contributed by atoms with Crippen molar-refractivity contribution < 1.29 is 29.3 Å². The SMILES string of the molecule is CCCCCC=CC(C)=CC1CC(C)CC=CCCC(O)C(OC(N)=O)CCC(C)CC(O)C(C)C(=O)O1. The van der Waals surface area contributed by atoms with Gasteiger partial charge in [0.1, 0.15) is 12.2 Å². The summed E-state index contributed by atoms with van der Waals surface area (Å²) in [6.45, 7) is 10.0. The predicted molar refractivity (Wildman–Crippen MR) is 152 cm³/mol. The van der Waals surface area contributed by atoms with Gasteiger partial charge in [-0.3, -0.25) is 4.79 Å². The van der Waals surface area contributed by atoms with Crippen LogP contribution in [0.4, 0.5) is 4.79 Å². The van der Waals surface area contributed by atoms with Crippen LogP contribution in [0.5, 0.6) is 0 Å². The molecule has 1 amide bonds. The first-order valence-electron chi connectivity index (χ1n) is 14.6. The lowest BCUT2D eigenvalue weighted by molar-refractivity contribution is -0.156. The smallest absolute Gasteiger partial charge is 0.404 e. The molecule has 7 heteroatoms. The van der Waals surface area contributed by atoms with Crippen molar-refractivity contribution in [2.45, 2.75) is 130 Å². The van der Waals surface area contributed by atoms with E-state index in [4.69, 9.17) is 15.2 Å². The topological polar surface area (TPSA) is 119 Å². The van der Waals surface area contributed by atoms with Crippen LogP contribution in [0.25, 0.3) is 0 Å². The van der Waals surface area contributed by atoms with Crippen LogP contribution in [-0.2, 0) is 14.3 Å². The van der Waals surface area contributed by atoms with Gasteiger partial charge >= 0.3 is 12.1 Å². The van der Waals surface area contributed by atoms with Gasteiger partial charge in [0.25, 0.3) is 0 Å². The summed E-state index contributed by atoms with van der Waals surface area (Å²) in [6, 6.07) is 0. The van der Waals surface area contributed by atoms with Crippen LogP contribution in [0.3, 0.4) is 0 Å². The van der Waals surface area contributed by atoms with E-state index in [9.17, 15) is 19.8 Å². The number of ether oxygens (including phenoxy) is 2. The van der Waals surface area contributed by atoms with E-state index in [0.29, 0.717) is 38.5 Å². The van der Waals surface area contributed by atoms with Crippen LogP contribution in [0, 0.1) is 17.8 Å². The van der Waals surface area contributed by atoms with Gasteiger partial charge in [-0.25, -0.2) is 4.79 Å².